The molecule has 6 heteroatoms. The highest BCUT2D eigenvalue weighted by molar-refractivity contribution is 5.94. The molecule has 1 aromatic rings. The topological polar surface area (TPSA) is 77.2 Å². The molecular formula is C7H8ClN3O2. The van der Waals surface area contributed by atoms with Gasteiger partial charge in [0.05, 0.1) is 11.9 Å². The molecule has 0 unspecified atom stereocenters. The van der Waals surface area contributed by atoms with Crippen LogP contribution in [-0.2, 0) is 4.79 Å². The number of hydrogen-bond acceptors (Lipinski definition) is 4. The lowest BCUT2D eigenvalue weighted by atomic mass is 10.3. The molecule has 70 valence electrons. The van der Waals surface area contributed by atoms with Crippen molar-refractivity contribution in [1.29, 1.82) is 0 Å². The lowest BCUT2D eigenvalue weighted by Gasteiger charge is -2.16. The van der Waals surface area contributed by atoms with E-state index in [1.807, 2.05) is 0 Å². The van der Waals surface area contributed by atoms with Gasteiger partial charge in [0.2, 0.25) is 0 Å². The molecule has 2 heterocycles. The van der Waals surface area contributed by atoms with E-state index in [9.17, 15) is 4.79 Å². The van der Waals surface area contributed by atoms with Crippen LogP contribution in [0.4, 0.5) is 11.5 Å². The number of carbonyl (C=O) groups is 1. The van der Waals surface area contributed by atoms with Crippen LogP contribution in [0.15, 0.2) is 12.3 Å². The Morgan fingerprint density at radius 1 is 1.62 bits per heavy atom. The second-order valence-electron chi connectivity index (χ2n) is 2.45. The zero-order valence-electron chi connectivity index (χ0n) is 6.61. The van der Waals surface area contributed by atoms with Gasteiger partial charge in [0.25, 0.3) is 5.91 Å². The van der Waals surface area contributed by atoms with E-state index < -0.39 is 0 Å². The molecule has 13 heavy (non-hydrogen) atoms. The number of amides is 1. The maximum Gasteiger partial charge on any atom is 0.263 e. The van der Waals surface area contributed by atoms with Crippen LogP contribution in [0, 0.1) is 0 Å². The van der Waals surface area contributed by atoms with Crippen molar-refractivity contribution in [1.82, 2.24) is 4.98 Å². The number of ether oxygens (including phenoxy) is 1. The van der Waals surface area contributed by atoms with Crippen molar-refractivity contribution in [3.63, 3.8) is 0 Å². The van der Waals surface area contributed by atoms with Gasteiger partial charge in [-0.2, -0.15) is 0 Å². The van der Waals surface area contributed by atoms with Crippen LogP contribution in [0.1, 0.15) is 0 Å². The third-order valence-electron chi connectivity index (χ3n) is 1.49. The van der Waals surface area contributed by atoms with Gasteiger partial charge >= 0.3 is 0 Å². The highest BCUT2D eigenvalue weighted by Crippen LogP contribution is 2.26. The second-order valence-corrected chi connectivity index (χ2v) is 2.45. The summed E-state index contributed by atoms with van der Waals surface area (Å²) >= 11 is 0. The number of nitrogens with two attached hydrogens (primary N) is 1. The van der Waals surface area contributed by atoms with Crippen molar-refractivity contribution < 1.29 is 9.53 Å². The Morgan fingerprint density at radius 3 is 3.15 bits per heavy atom. The highest BCUT2D eigenvalue weighted by Gasteiger charge is 2.16. The van der Waals surface area contributed by atoms with Crippen LogP contribution in [0.5, 0.6) is 5.75 Å². The van der Waals surface area contributed by atoms with Crippen LogP contribution in [-0.4, -0.2) is 17.5 Å². The number of fused-ring (bicyclic) bond motifs is 1. The van der Waals surface area contributed by atoms with E-state index in [-0.39, 0.29) is 24.9 Å². The van der Waals surface area contributed by atoms with Gasteiger partial charge < -0.3 is 15.8 Å². The number of halogens is 1. The van der Waals surface area contributed by atoms with E-state index in [0.29, 0.717) is 17.3 Å². The van der Waals surface area contributed by atoms with Gasteiger partial charge in [0.15, 0.2) is 18.2 Å². The molecule has 0 radical (unpaired) electrons. The van der Waals surface area contributed by atoms with E-state index >= 15 is 0 Å². The van der Waals surface area contributed by atoms with E-state index in [1.165, 1.54) is 6.20 Å². The number of nitrogens with one attached hydrogen (secondary N) is 1. The fourth-order valence-electron chi connectivity index (χ4n) is 0.975. The summed E-state index contributed by atoms with van der Waals surface area (Å²) < 4.78 is 5.06. The van der Waals surface area contributed by atoms with Gasteiger partial charge in [-0.25, -0.2) is 4.98 Å². The van der Waals surface area contributed by atoms with Gasteiger partial charge in [0.1, 0.15) is 0 Å². The number of anilines is 2. The first-order chi connectivity index (χ1) is 5.75. The van der Waals surface area contributed by atoms with Crippen LogP contribution < -0.4 is 15.8 Å². The quantitative estimate of drug-likeness (QED) is 0.638. The molecule has 0 atom stereocenters. The van der Waals surface area contributed by atoms with Crippen molar-refractivity contribution in [2.75, 3.05) is 17.7 Å². The molecule has 5 nitrogen and oxygen atoms in total. The third kappa shape index (κ3) is 1.81. The van der Waals surface area contributed by atoms with Crippen LogP contribution in [0.25, 0.3) is 0 Å². The van der Waals surface area contributed by atoms with E-state index in [0.717, 1.165) is 0 Å². The predicted octanol–water partition coefficient (Wildman–Crippen LogP) is 0.416. The van der Waals surface area contributed by atoms with Gasteiger partial charge in [-0.15, -0.1) is 12.4 Å². The summed E-state index contributed by atoms with van der Waals surface area (Å²) in [5, 5.41) is 2.56. The number of rotatable bonds is 0. The Balaban J connectivity index is 0.000000845. The molecule has 0 spiro atoms. The number of nitrogens with zero attached hydrogens (tertiary/aromatic N) is 1. The van der Waals surface area contributed by atoms with Gasteiger partial charge in [-0.3, -0.25) is 4.79 Å². The minimum Gasteiger partial charge on any atom is -0.480 e. The molecule has 0 saturated heterocycles. The van der Waals surface area contributed by atoms with Crippen molar-refractivity contribution in [2.45, 2.75) is 0 Å². The Hall–Kier alpha value is -1.49. The average molecular weight is 202 g/mol. The van der Waals surface area contributed by atoms with Crippen molar-refractivity contribution in [3.8, 4) is 5.75 Å². The second kappa shape index (κ2) is 3.49. The normalized spacial score (nSPS) is 13.4. The lowest BCUT2D eigenvalue weighted by Crippen LogP contribution is -2.26. The van der Waals surface area contributed by atoms with Gasteiger partial charge in [-0.05, 0) is 0 Å². The number of pyridine rings is 1. The van der Waals surface area contributed by atoms with Gasteiger partial charge in [-0.1, -0.05) is 0 Å². The first-order valence-corrected chi connectivity index (χ1v) is 3.44. The molecule has 1 aliphatic heterocycles. The predicted molar refractivity (Wildman–Crippen MR) is 50.0 cm³/mol. The molecule has 0 aromatic carbocycles. The maximum atomic E-state index is 10.8. The molecule has 2 rings (SSSR count). The minimum atomic E-state index is -0.195. The van der Waals surface area contributed by atoms with E-state index in [4.69, 9.17) is 10.5 Å². The fourth-order valence-corrected chi connectivity index (χ4v) is 0.975. The summed E-state index contributed by atoms with van der Waals surface area (Å²) in [6.45, 7) is 0.0259. The van der Waals surface area contributed by atoms with E-state index in [1.54, 1.807) is 6.07 Å². The lowest BCUT2D eigenvalue weighted by molar-refractivity contribution is -0.118. The zero-order valence-corrected chi connectivity index (χ0v) is 7.43. The summed E-state index contributed by atoms with van der Waals surface area (Å²) in [7, 11) is 0. The summed E-state index contributed by atoms with van der Waals surface area (Å²) in [5.74, 6) is 0.759. The number of carbonyl (C=O) groups excluding carboxylic acids is 1. The van der Waals surface area contributed by atoms with E-state index in [2.05, 4.69) is 10.3 Å². The largest absolute Gasteiger partial charge is 0.480 e. The molecule has 1 aliphatic rings. The van der Waals surface area contributed by atoms with Crippen molar-refractivity contribution in [3.05, 3.63) is 12.3 Å². The SMILES string of the molecule is Cl.Nc1cnc2c(c1)OCC(=O)N2. The smallest absolute Gasteiger partial charge is 0.263 e. The first-order valence-electron chi connectivity index (χ1n) is 3.44. The van der Waals surface area contributed by atoms with Crippen LogP contribution in [0.2, 0.25) is 0 Å². The first kappa shape index (κ1) is 9.60. The molecule has 0 bridgehead atoms. The summed E-state index contributed by atoms with van der Waals surface area (Å²) in [4.78, 5) is 14.7. The molecule has 1 amide bonds. The number of hydrogen-bond donors (Lipinski definition) is 2. The van der Waals surface area contributed by atoms with Crippen LogP contribution >= 0.6 is 12.4 Å². The molecule has 0 fully saturated rings. The number of aromatic nitrogens is 1. The Kier molecular flexibility index (Phi) is 2.57. The summed E-state index contributed by atoms with van der Waals surface area (Å²) in [6.07, 6.45) is 1.47. The van der Waals surface area contributed by atoms with Gasteiger partial charge in [0, 0.05) is 6.07 Å². The standard InChI is InChI=1S/C7H7N3O2.ClH/c8-4-1-5-7(9-2-4)10-6(11)3-12-5;/h1-2H,3,8H2,(H,9,10,11);1H. The van der Waals surface area contributed by atoms with Crippen molar-refractivity contribution in [2.24, 2.45) is 0 Å². The molecule has 0 aliphatic carbocycles. The molecule has 1 aromatic heterocycles. The van der Waals surface area contributed by atoms with Crippen LogP contribution in [0.3, 0.4) is 0 Å². The Bertz CT molecular complexity index is 343. The molecule has 0 saturated carbocycles. The molecule has 3 N–H and O–H groups in total. The average Bonchev–Trinajstić information content (AvgIpc) is 2.05. The van der Waals surface area contributed by atoms with Crippen molar-refractivity contribution >= 4 is 29.8 Å². The minimum absolute atomic E-state index is 0. The zero-order chi connectivity index (χ0) is 8.55. The molecular weight excluding hydrogens is 194 g/mol. The Morgan fingerprint density at radius 2 is 2.38 bits per heavy atom. The summed E-state index contributed by atoms with van der Waals surface area (Å²) in [6, 6.07) is 1.63. The fraction of sp³-hybridized carbons (Fsp3) is 0.143. The number of nitrogen functional groups attached to an aromatic ring is 1. The summed E-state index contributed by atoms with van der Waals surface area (Å²) in [5.41, 5.74) is 5.98. The monoisotopic (exact) mass is 201 g/mol. The highest BCUT2D eigenvalue weighted by atomic mass is 35.5. The Labute approximate surface area is 80.7 Å². The third-order valence-corrected chi connectivity index (χ3v) is 1.49. The maximum absolute atomic E-state index is 10.8.